The maximum Gasteiger partial charge on any atom is 0.243 e. The number of nitrogens with zero attached hydrogens (tertiary/aromatic N) is 1. The van der Waals surface area contributed by atoms with Gasteiger partial charge >= 0.3 is 0 Å². The van der Waals surface area contributed by atoms with Crippen LogP contribution in [0.5, 0.6) is 0 Å². The van der Waals surface area contributed by atoms with E-state index in [9.17, 15) is 16.8 Å². The van der Waals surface area contributed by atoms with Gasteiger partial charge in [0.05, 0.1) is 0 Å². The monoisotopic (exact) mass is 361 g/mol. The highest BCUT2D eigenvalue weighted by Crippen LogP contribution is 2.25. The van der Waals surface area contributed by atoms with Crippen molar-refractivity contribution >= 4 is 20.0 Å². The summed E-state index contributed by atoms with van der Waals surface area (Å²) in [6.45, 7) is 0. The molecule has 0 radical (unpaired) electrons. The van der Waals surface area contributed by atoms with Crippen LogP contribution in [0.15, 0.2) is 34.1 Å². The van der Waals surface area contributed by atoms with E-state index in [-0.39, 0.29) is 21.9 Å². The van der Waals surface area contributed by atoms with Crippen LogP contribution < -0.4 is 10.5 Å². The van der Waals surface area contributed by atoms with E-state index in [1.54, 1.807) is 0 Å². The molecule has 0 bridgehead atoms. The first-order valence-corrected chi connectivity index (χ1v) is 10.4. The quantitative estimate of drug-likeness (QED) is 0.793. The van der Waals surface area contributed by atoms with Crippen molar-refractivity contribution in [2.24, 2.45) is 5.73 Å². The van der Waals surface area contributed by atoms with Crippen molar-refractivity contribution in [3.63, 3.8) is 0 Å². The fraction of sp³-hybridized carbons (Fsp3) is 0.571. The van der Waals surface area contributed by atoms with E-state index in [0.29, 0.717) is 12.8 Å². The summed E-state index contributed by atoms with van der Waals surface area (Å²) in [7, 11) is -5.03. The predicted molar refractivity (Wildman–Crippen MR) is 87.9 cm³/mol. The van der Waals surface area contributed by atoms with Crippen molar-refractivity contribution in [2.75, 3.05) is 14.1 Å². The molecule has 0 saturated heterocycles. The van der Waals surface area contributed by atoms with Gasteiger partial charge in [0.2, 0.25) is 20.0 Å². The molecular formula is C14H23N3O4S2. The maximum absolute atomic E-state index is 12.6. The minimum Gasteiger partial charge on any atom is -0.328 e. The molecule has 2 rings (SSSR count). The highest BCUT2D eigenvalue weighted by molar-refractivity contribution is 7.92. The smallest absolute Gasteiger partial charge is 0.243 e. The molecule has 0 spiro atoms. The number of sulfonamides is 2. The largest absolute Gasteiger partial charge is 0.328 e. The van der Waals surface area contributed by atoms with Crippen molar-refractivity contribution < 1.29 is 16.8 Å². The first-order valence-electron chi connectivity index (χ1n) is 7.44. The lowest BCUT2D eigenvalue weighted by molar-refractivity contribution is 0.373. The van der Waals surface area contributed by atoms with Crippen LogP contribution in [-0.4, -0.2) is 47.3 Å². The topological polar surface area (TPSA) is 110 Å². The fourth-order valence-corrected chi connectivity index (χ4v) is 5.61. The zero-order valence-electron chi connectivity index (χ0n) is 13.3. The van der Waals surface area contributed by atoms with Crippen LogP contribution >= 0.6 is 0 Å². The standard InChI is InChI=1S/C14H23N3O4S2/c1-17(2)23(20,21)14-6-4-3-5-13(14)22(18,19)16-12-9-7-11(15)8-10-12/h3-6,11-12,16H,7-10,15H2,1-2H3. The van der Waals surface area contributed by atoms with Gasteiger partial charge < -0.3 is 5.73 Å². The molecule has 130 valence electrons. The van der Waals surface area contributed by atoms with Gasteiger partial charge in [0.1, 0.15) is 9.79 Å². The zero-order chi connectivity index (χ0) is 17.3. The van der Waals surface area contributed by atoms with Gasteiger partial charge in [-0.2, -0.15) is 0 Å². The lowest BCUT2D eigenvalue weighted by atomic mass is 9.93. The Morgan fingerprint density at radius 1 is 1.00 bits per heavy atom. The van der Waals surface area contributed by atoms with Crippen LogP contribution in [-0.2, 0) is 20.0 Å². The highest BCUT2D eigenvalue weighted by atomic mass is 32.2. The van der Waals surface area contributed by atoms with Gasteiger partial charge in [0, 0.05) is 26.2 Å². The summed E-state index contributed by atoms with van der Waals surface area (Å²) in [5, 5.41) is 0. The molecule has 0 atom stereocenters. The van der Waals surface area contributed by atoms with Crippen LogP contribution in [0.25, 0.3) is 0 Å². The van der Waals surface area contributed by atoms with Gasteiger partial charge in [-0.05, 0) is 37.8 Å². The van der Waals surface area contributed by atoms with E-state index >= 15 is 0 Å². The maximum atomic E-state index is 12.6. The minimum absolute atomic E-state index is 0.108. The number of hydrogen-bond acceptors (Lipinski definition) is 5. The Morgan fingerprint density at radius 2 is 1.52 bits per heavy atom. The molecule has 0 amide bonds. The van der Waals surface area contributed by atoms with Gasteiger partial charge in [-0.25, -0.2) is 25.9 Å². The average molecular weight is 361 g/mol. The molecule has 1 aromatic rings. The van der Waals surface area contributed by atoms with Crippen LogP contribution in [0.4, 0.5) is 0 Å². The second-order valence-electron chi connectivity index (χ2n) is 5.97. The van der Waals surface area contributed by atoms with Gasteiger partial charge in [-0.15, -0.1) is 0 Å². The van der Waals surface area contributed by atoms with E-state index < -0.39 is 20.0 Å². The Hall–Kier alpha value is -1.00. The number of rotatable bonds is 5. The van der Waals surface area contributed by atoms with Crippen molar-refractivity contribution in [3.8, 4) is 0 Å². The van der Waals surface area contributed by atoms with Gasteiger partial charge in [-0.1, -0.05) is 12.1 Å². The normalized spacial score (nSPS) is 23.1. The first kappa shape index (κ1) is 18.3. The Kier molecular flexibility index (Phi) is 5.47. The van der Waals surface area contributed by atoms with E-state index in [0.717, 1.165) is 17.1 Å². The molecule has 0 heterocycles. The van der Waals surface area contributed by atoms with Crippen LogP contribution in [0, 0.1) is 0 Å². The van der Waals surface area contributed by atoms with E-state index in [4.69, 9.17) is 5.73 Å². The molecule has 1 fully saturated rings. The molecule has 1 aliphatic carbocycles. The molecular weight excluding hydrogens is 338 g/mol. The third-order valence-electron chi connectivity index (χ3n) is 3.99. The Morgan fingerprint density at radius 3 is 2.04 bits per heavy atom. The summed E-state index contributed by atoms with van der Waals surface area (Å²) >= 11 is 0. The lowest BCUT2D eigenvalue weighted by Gasteiger charge is -2.27. The van der Waals surface area contributed by atoms with Crippen LogP contribution in [0.1, 0.15) is 25.7 Å². The Labute approximate surface area is 138 Å². The summed E-state index contributed by atoms with van der Waals surface area (Å²) in [5.74, 6) is 0. The molecule has 7 nitrogen and oxygen atoms in total. The summed E-state index contributed by atoms with van der Waals surface area (Å²) < 4.78 is 53.6. The predicted octanol–water partition coefficient (Wildman–Crippen LogP) is 0.485. The van der Waals surface area contributed by atoms with Gasteiger partial charge in [0.15, 0.2) is 0 Å². The number of nitrogens with one attached hydrogen (secondary N) is 1. The summed E-state index contributed by atoms with van der Waals surface area (Å²) in [4.78, 5) is -0.436. The fourth-order valence-electron chi connectivity index (χ4n) is 2.60. The van der Waals surface area contributed by atoms with Crippen molar-refractivity contribution in [1.29, 1.82) is 0 Å². The molecule has 0 aromatic heterocycles. The van der Waals surface area contributed by atoms with Gasteiger partial charge in [0.25, 0.3) is 0 Å². The number of benzene rings is 1. The Balaban J connectivity index is 2.34. The highest BCUT2D eigenvalue weighted by Gasteiger charge is 2.30. The van der Waals surface area contributed by atoms with Crippen molar-refractivity contribution in [3.05, 3.63) is 24.3 Å². The Bertz CT molecular complexity index is 752. The first-order chi connectivity index (χ1) is 10.6. The third-order valence-corrected chi connectivity index (χ3v) is 7.57. The van der Waals surface area contributed by atoms with Gasteiger partial charge in [-0.3, -0.25) is 0 Å². The summed E-state index contributed by atoms with van der Waals surface area (Å²) in [5.41, 5.74) is 5.82. The van der Waals surface area contributed by atoms with E-state index in [1.807, 2.05) is 0 Å². The second-order valence-corrected chi connectivity index (χ2v) is 9.77. The summed E-state index contributed by atoms with van der Waals surface area (Å²) in [6, 6.07) is 5.54. The van der Waals surface area contributed by atoms with Crippen LogP contribution in [0.3, 0.4) is 0 Å². The molecule has 23 heavy (non-hydrogen) atoms. The van der Waals surface area contributed by atoms with Crippen molar-refractivity contribution in [2.45, 2.75) is 47.6 Å². The molecule has 0 unspecified atom stereocenters. The van der Waals surface area contributed by atoms with Crippen LogP contribution in [0.2, 0.25) is 0 Å². The minimum atomic E-state index is -3.92. The zero-order valence-corrected chi connectivity index (χ0v) is 14.9. The second kappa shape index (κ2) is 6.86. The molecule has 1 aliphatic rings. The summed E-state index contributed by atoms with van der Waals surface area (Å²) in [6.07, 6.45) is 2.82. The molecule has 1 aromatic carbocycles. The molecule has 1 saturated carbocycles. The lowest BCUT2D eigenvalue weighted by Crippen LogP contribution is -2.41. The third kappa shape index (κ3) is 4.10. The molecule has 9 heteroatoms. The molecule has 3 N–H and O–H groups in total. The van der Waals surface area contributed by atoms with E-state index in [2.05, 4.69) is 4.72 Å². The molecule has 0 aliphatic heterocycles. The van der Waals surface area contributed by atoms with Crippen molar-refractivity contribution in [1.82, 2.24) is 9.03 Å². The number of nitrogens with two attached hydrogens (primary N) is 1. The van der Waals surface area contributed by atoms with E-state index in [1.165, 1.54) is 38.4 Å². The SMILES string of the molecule is CN(C)S(=O)(=O)c1ccccc1S(=O)(=O)NC1CCC(N)CC1. The number of hydrogen-bond donors (Lipinski definition) is 2. The average Bonchev–Trinajstić information content (AvgIpc) is 2.49.